The fraction of sp³-hybridized carbons (Fsp3) is 0.263. The van der Waals surface area contributed by atoms with Gasteiger partial charge in [-0.2, -0.15) is 5.10 Å². The Bertz CT molecular complexity index is 813. The molecule has 6 heteroatoms. The fourth-order valence-corrected chi connectivity index (χ4v) is 3.35. The van der Waals surface area contributed by atoms with E-state index in [1.807, 2.05) is 65.6 Å². The van der Waals surface area contributed by atoms with Gasteiger partial charge in [-0.05, 0) is 23.9 Å². The van der Waals surface area contributed by atoms with Gasteiger partial charge in [-0.3, -0.25) is 9.48 Å². The zero-order chi connectivity index (χ0) is 17.6. The molecule has 1 aromatic carbocycles. The van der Waals surface area contributed by atoms with Crippen molar-refractivity contribution in [2.24, 2.45) is 0 Å². The number of carbonyl (C=O) groups is 1. The number of nitrogens with zero attached hydrogens (tertiary/aromatic N) is 2. The first-order chi connectivity index (χ1) is 12.2. The Balaban J connectivity index is 1.88. The summed E-state index contributed by atoms with van der Waals surface area (Å²) >= 11 is 1.58. The average Bonchev–Trinajstić information content (AvgIpc) is 3.25. The van der Waals surface area contributed by atoms with Crippen LogP contribution in [0, 0.1) is 0 Å². The van der Waals surface area contributed by atoms with Crippen LogP contribution in [0.25, 0.3) is 10.6 Å². The topological polar surface area (TPSA) is 56.1 Å². The molecule has 0 saturated carbocycles. The smallest absolute Gasteiger partial charge is 0.255 e. The van der Waals surface area contributed by atoms with Gasteiger partial charge in [-0.1, -0.05) is 36.4 Å². The van der Waals surface area contributed by atoms with E-state index < -0.39 is 0 Å². The molecule has 2 aromatic heterocycles. The third-order valence-corrected chi connectivity index (χ3v) is 4.62. The SMILES string of the molecule is COC[C@@H](C)NC(=O)c1cn(Cc2ccccc2)nc1-c1cccs1. The number of carbonyl (C=O) groups excluding carboxylic acids is 1. The Labute approximate surface area is 151 Å². The molecule has 5 nitrogen and oxygen atoms in total. The Morgan fingerprint density at radius 1 is 1.28 bits per heavy atom. The van der Waals surface area contributed by atoms with Gasteiger partial charge in [-0.25, -0.2) is 0 Å². The number of amides is 1. The number of nitrogens with one attached hydrogen (secondary N) is 1. The van der Waals surface area contributed by atoms with Gasteiger partial charge in [0.2, 0.25) is 0 Å². The van der Waals surface area contributed by atoms with Gasteiger partial charge in [0.25, 0.3) is 5.91 Å². The van der Waals surface area contributed by atoms with Crippen molar-refractivity contribution >= 4 is 17.2 Å². The van der Waals surface area contributed by atoms with Gasteiger partial charge in [0, 0.05) is 19.3 Å². The highest BCUT2D eigenvalue weighted by molar-refractivity contribution is 7.13. The van der Waals surface area contributed by atoms with E-state index >= 15 is 0 Å². The number of hydrogen-bond acceptors (Lipinski definition) is 4. The molecule has 130 valence electrons. The van der Waals surface area contributed by atoms with E-state index in [-0.39, 0.29) is 11.9 Å². The van der Waals surface area contributed by atoms with Crippen LogP contribution in [0.4, 0.5) is 0 Å². The number of benzene rings is 1. The molecule has 0 fully saturated rings. The van der Waals surface area contributed by atoms with Crippen molar-refractivity contribution in [1.82, 2.24) is 15.1 Å². The Morgan fingerprint density at radius 3 is 2.76 bits per heavy atom. The maximum Gasteiger partial charge on any atom is 0.255 e. The van der Waals surface area contributed by atoms with E-state index in [9.17, 15) is 4.79 Å². The average molecular weight is 355 g/mol. The van der Waals surface area contributed by atoms with Crippen LogP contribution < -0.4 is 5.32 Å². The molecule has 3 aromatic rings. The molecule has 0 aliphatic carbocycles. The summed E-state index contributed by atoms with van der Waals surface area (Å²) < 4.78 is 6.91. The highest BCUT2D eigenvalue weighted by Gasteiger charge is 2.20. The van der Waals surface area contributed by atoms with Gasteiger partial charge in [-0.15, -0.1) is 11.3 Å². The summed E-state index contributed by atoms with van der Waals surface area (Å²) in [6, 6.07) is 14.0. The lowest BCUT2D eigenvalue weighted by Crippen LogP contribution is -2.35. The Hall–Kier alpha value is -2.44. The fourth-order valence-electron chi connectivity index (χ4n) is 2.63. The standard InChI is InChI=1S/C19H21N3O2S/c1-14(13-24-2)20-19(23)16-12-22(11-15-7-4-3-5-8-15)21-18(16)17-9-6-10-25-17/h3-10,12,14H,11,13H2,1-2H3,(H,20,23)/t14-/m1/s1. The Morgan fingerprint density at radius 2 is 2.08 bits per heavy atom. The minimum Gasteiger partial charge on any atom is -0.383 e. The van der Waals surface area contributed by atoms with Crippen molar-refractivity contribution in [3.05, 3.63) is 65.2 Å². The van der Waals surface area contributed by atoms with Crippen LogP contribution >= 0.6 is 11.3 Å². The monoisotopic (exact) mass is 355 g/mol. The quantitative estimate of drug-likeness (QED) is 0.706. The zero-order valence-electron chi connectivity index (χ0n) is 14.3. The first-order valence-electron chi connectivity index (χ1n) is 8.12. The van der Waals surface area contributed by atoms with Crippen molar-refractivity contribution in [2.75, 3.05) is 13.7 Å². The second kappa shape index (κ2) is 8.09. The maximum atomic E-state index is 12.7. The number of ether oxygens (including phenoxy) is 1. The van der Waals surface area contributed by atoms with Crippen molar-refractivity contribution in [1.29, 1.82) is 0 Å². The Kier molecular flexibility index (Phi) is 5.63. The summed E-state index contributed by atoms with van der Waals surface area (Å²) in [5.41, 5.74) is 2.44. The van der Waals surface area contributed by atoms with Crippen molar-refractivity contribution < 1.29 is 9.53 Å². The highest BCUT2D eigenvalue weighted by atomic mass is 32.1. The van der Waals surface area contributed by atoms with E-state index in [1.165, 1.54) is 0 Å². The van der Waals surface area contributed by atoms with Crippen molar-refractivity contribution in [2.45, 2.75) is 19.5 Å². The van der Waals surface area contributed by atoms with Gasteiger partial charge >= 0.3 is 0 Å². The van der Waals surface area contributed by atoms with Crippen LogP contribution in [0.2, 0.25) is 0 Å². The molecule has 2 heterocycles. The largest absolute Gasteiger partial charge is 0.383 e. The molecule has 0 unspecified atom stereocenters. The van der Waals surface area contributed by atoms with E-state index in [0.717, 1.165) is 10.4 Å². The van der Waals surface area contributed by atoms with Crippen LogP contribution in [0.5, 0.6) is 0 Å². The van der Waals surface area contributed by atoms with Crippen LogP contribution in [-0.2, 0) is 11.3 Å². The molecule has 0 saturated heterocycles. The molecule has 0 bridgehead atoms. The molecule has 3 rings (SSSR count). The number of hydrogen-bond donors (Lipinski definition) is 1. The van der Waals surface area contributed by atoms with Gasteiger partial charge < -0.3 is 10.1 Å². The second-order valence-electron chi connectivity index (χ2n) is 5.88. The minimum absolute atomic E-state index is 0.0637. The van der Waals surface area contributed by atoms with Gasteiger partial charge in [0.05, 0.1) is 23.6 Å². The lowest BCUT2D eigenvalue weighted by molar-refractivity contribution is 0.0906. The van der Waals surface area contributed by atoms with Crippen LogP contribution in [0.3, 0.4) is 0 Å². The third kappa shape index (κ3) is 4.35. The summed E-state index contributed by atoms with van der Waals surface area (Å²) in [6.07, 6.45) is 1.82. The van der Waals surface area contributed by atoms with Crippen LogP contribution in [-0.4, -0.2) is 35.4 Å². The highest BCUT2D eigenvalue weighted by Crippen LogP contribution is 2.27. The zero-order valence-corrected chi connectivity index (χ0v) is 15.1. The van der Waals surface area contributed by atoms with Gasteiger partial charge in [0.15, 0.2) is 0 Å². The molecule has 1 atom stereocenters. The number of methoxy groups -OCH3 is 1. The minimum atomic E-state index is -0.132. The molecule has 1 amide bonds. The van der Waals surface area contributed by atoms with E-state index in [0.29, 0.717) is 24.4 Å². The summed E-state index contributed by atoms with van der Waals surface area (Å²) in [4.78, 5) is 13.7. The summed E-state index contributed by atoms with van der Waals surface area (Å²) in [6.45, 7) is 3.01. The lowest BCUT2D eigenvalue weighted by Gasteiger charge is -2.12. The van der Waals surface area contributed by atoms with Crippen molar-refractivity contribution in [3.63, 3.8) is 0 Å². The van der Waals surface area contributed by atoms with E-state index in [4.69, 9.17) is 4.74 Å². The molecule has 25 heavy (non-hydrogen) atoms. The molecule has 0 aliphatic heterocycles. The maximum absolute atomic E-state index is 12.7. The second-order valence-corrected chi connectivity index (χ2v) is 6.83. The predicted octanol–water partition coefficient (Wildman–Crippen LogP) is 3.42. The molecular weight excluding hydrogens is 334 g/mol. The van der Waals surface area contributed by atoms with Crippen LogP contribution in [0.15, 0.2) is 54.0 Å². The molecule has 0 spiro atoms. The summed E-state index contributed by atoms with van der Waals surface area (Å²) in [5.74, 6) is -0.132. The van der Waals surface area contributed by atoms with E-state index in [2.05, 4.69) is 10.4 Å². The first-order valence-corrected chi connectivity index (χ1v) is 9.00. The van der Waals surface area contributed by atoms with Crippen LogP contribution in [0.1, 0.15) is 22.8 Å². The lowest BCUT2D eigenvalue weighted by atomic mass is 10.2. The van der Waals surface area contributed by atoms with Gasteiger partial charge in [0.1, 0.15) is 5.69 Å². The molecule has 0 radical (unpaired) electrons. The number of thiophene rings is 1. The van der Waals surface area contributed by atoms with Crippen molar-refractivity contribution in [3.8, 4) is 10.6 Å². The third-order valence-electron chi connectivity index (χ3n) is 3.74. The summed E-state index contributed by atoms with van der Waals surface area (Å²) in [5, 5.41) is 9.61. The predicted molar refractivity (Wildman–Crippen MR) is 99.9 cm³/mol. The van der Waals surface area contributed by atoms with E-state index in [1.54, 1.807) is 18.4 Å². The number of aromatic nitrogens is 2. The summed E-state index contributed by atoms with van der Waals surface area (Å²) in [7, 11) is 1.62. The molecule has 1 N–H and O–H groups in total. The normalized spacial score (nSPS) is 12.1. The number of rotatable bonds is 7. The molecule has 0 aliphatic rings. The molecular formula is C19H21N3O2S. The first kappa shape index (κ1) is 17.4.